The van der Waals surface area contributed by atoms with Crippen LogP contribution >= 0.6 is 11.3 Å². The zero-order valence-electron chi connectivity index (χ0n) is 33.5. The molecule has 13 rings (SSSR count). The van der Waals surface area contributed by atoms with Crippen LogP contribution in [-0.4, -0.2) is 4.57 Å². The summed E-state index contributed by atoms with van der Waals surface area (Å²) in [5.74, 6) is 0. The number of aromatic nitrogens is 1. The highest BCUT2D eigenvalue weighted by molar-refractivity contribution is 7.26. The molecule has 0 saturated carbocycles. The zero-order valence-corrected chi connectivity index (χ0v) is 34.3. The number of rotatable bonds is 6. The minimum absolute atomic E-state index is 0.875. The van der Waals surface area contributed by atoms with E-state index in [0.717, 1.165) is 55.6 Å². The Kier molecular flexibility index (Phi) is 7.78. The summed E-state index contributed by atoms with van der Waals surface area (Å²) in [4.78, 5) is 2.40. The molecule has 290 valence electrons. The van der Waals surface area contributed by atoms with Crippen molar-refractivity contribution >= 4 is 103 Å². The molecule has 0 fully saturated rings. The van der Waals surface area contributed by atoms with Crippen molar-refractivity contribution in [3.8, 4) is 27.9 Å². The minimum atomic E-state index is 0.875. The summed E-state index contributed by atoms with van der Waals surface area (Å²) in [6.07, 6.45) is 0. The van der Waals surface area contributed by atoms with Gasteiger partial charge in [0.25, 0.3) is 0 Å². The molecule has 0 radical (unpaired) electrons. The first-order chi connectivity index (χ1) is 30.7. The molecule has 10 aromatic carbocycles. The Balaban J connectivity index is 1.07. The lowest BCUT2D eigenvalue weighted by Crippen LogP contribution is -2.10. The van der Waals surface area contributed by atoms with Gasteiger partial charge in [-0.25, -0.2) is 0 Å². The van der Waals surface area contributed by atoms with E-state index in [2.05, 4.69) is 228 Å². The zero-order chi connectivity index (χ0) is 40.7. The van der Waals surface area contributed by atoms with Gasteiger partial charge in [-0.15, -0.1) is 11.3 Å². The SMILES string of the molecule is c1ccc(-c2c3c(cc4c2c2cc(-c5ccc6ccccc6c5)ccc2n4-c2ccc(N(c4ccccc4)c4cccc5c4sc4ccccc45)cc2)oc2ccccc23)cc1. The Labute approximate surface area is 361 Å². The number of anilines is 3. The van der Waals surface area contributed by atoms with Gasteiger partial charge < -0.3 is 13.9 Å². The molecule has 0 unspecified atom stereocenters. The van der Waals surface area contributed by atoms with Gasteiger partial charge >= 0.3 is 0 Å². The van der Waals surface area contributed by atoms with Crippen molar-refractivity contribution < 1.29 is 4.42 Å². The molecule has 0 aliphatic heterocycles. The third kappa shape index (κ3) is 5.37. The third-order valence-corrected chi connectivity index (χ3v) is 13.8. The second-order valence-corrected chi connectivity index (χ2v) is 17.1. The fraction of sp³-hybridized carbons (Fsp3) is 0. The first-order valence-electron chi connectivity index (χ1n) is 21.1. The van der Waals surface area contributed by atoms with Gasteiger partial charge in [0.05, 0.1) is 21.4 Å². The predicted octanol–water partition coefficient (Wildman–Crippen LogP) is 17.0. The number of para-hydroxylation sites is 2. The van der Waals surface area contributed by atoms with E-state index in [1.165, 1.54) is 64.1 Å². The van der Waals surface area contributed by atoms with Crippen LogP contribution in [0.4, 0.5) is 17.1 Å². The molecule has 0 saturated heterocycles. The molecule has 0 amide bonds. The van der Waals surface area contributed by atoms with Crippen LogP contribution in [0.3, 0.4) is 0 Å². The second kappa shape index (κ2) is 13.8. The number of thiophene rings is 1. The second-order valence-electron chi connectivity index (χ2n) is 16.1. The first kappa shape index (κ1) is 34.9. The van der Waals surface area contributed by atoms with Gasteiger partial charge in [-0.1, -0.05) is 140 Å². The number of fused-ring (bicyclic) bond motifs is 10. The highest BCUT2D eigenvalue weighted by Gasteiger charge is 2.24. The molecular weight excluding hydrogens is 773 g/mol. The molecule has 0 N–H and O–H groups in total. The molecular formula is C58H36N2OS. The molecule has 3 heterocycles. The van der Waals surface area contributed by atoms with Crippen molar-refractivity contribution in [3.05, 3.63) is 218 Å². The van der Waals surface area contributed by atoms with Gasteiger partial charge in [0.1, 0.15) is 11.2 Å². The van der Waals surface area contributed by atoms with Crippen LogP contribution in [0.25, 0.3) is 103 Å². The standard InChI is InChI=1S/C58H36N2OS/c1-3-15-38(16-4-1)55-56-48-35-41(40-27-26-37-14-7-8-17-39(37)34-40)28-33-49(48)60(51(56)36-53-57(55)47-21-9-11-24-52(47)61-53)44-31-29-43(30-32-44)59(42-18-5-2-6-19-42)50-23-13-22-46-45-20-10-12-25-54(45)62-58(46)50/h1-36H. The Morgan fingerprint density at radius 1 is 0.403 bits per heavy atom. The average molecular weight is 809 g/mol. The van der Waals surface area contributed by atoms with Crippen molar-refractivity contribution in [3.63, 3.8) is 0 Å². The number of nitrogens with zero attached hydrogens (tertiary/aromatic N) is 2. The van der Waals surface area contributed by atoms with Crippen molar-refractivity contribution in [2.45, 2.75) is 0 Å². The van der Waals surface area contributed by atoms with Crippen LogP contribution in [0.1, 0.15) is 0 Å². The van der Waals surface area contributed by atoms with E-state index in [0.29, 0.717) is 0 Å². The molecule has 0 aliphatic carbocycles. The smallest absolute Gasteiger partial charge is 0.138 e. The van der Waals surface area contributed by atoms with Crippen LogP contribution in [0.5, 0.6) is 0 Å². The fourth-order valence-corrected chi connectivity index (χ4v) is 11.0. The van der Waals surface area contributed by atoms with E-state index in [-0.39, 0.29) is 0 Å². The summed E-state index contributed by atoms with van der Waals surface area (Å²) in [7, 11) is 0. The molecule has 0 aliphatic rings. The Morgan fingerprint density at radius 2 is 1.08 bits per heavy atom. The summed E-state index contributed by atoms with van der Waals surface area (Å²) in [6.45, 7) is 0. The lowest BCUT2D eigenvalue weighted by molar-refractivity contribution is 0.669. The number of benzene rings is 10. The molecule has 62 heavy (non-hydrogen) atoms. The van der Waals surface area contributed by atoms with Crippen molar-refractivity contribution in [1.29, 1.82) is 0 Å². The van der Waals surface area contributed by atoms with Crippen molar-refractivity contribution in [2.24, 2.45) is 0 Å². The largest absolute Gasteiger partial charge is 0.456 e. The van der Waals surface area contributed by atoms with Gasteiger partial charge in [0.15, 0.2) is 0 Å². The molecule has 0 spiro atoms. The highest BCUT2D eigenvalue weighted by atomic mass is 32.1. The first-order valence-corrected chi connectivity index (χ1v) is 21.9. The average Bonchev–Trinajstić information content (AvgIpc) is 4.01. The normalized spacial score (nSPS) is 11.9. The highest BCUT2D eigenvalue weighted by Crippen LogP contribution is 2.48. The van der Waals surface area contributed by atoms with Crippen LogP contribution in [0.15, 0.2) is 223 Å². The lowest BCUT2D eigenvalue weighted by atomic mass is 9.93. The van der Waals surface area contributed by atoms with Gasteiger partial charge in [0, 0.05) is 65.7 Å². The van der Waals surface area contributed by atoms with Gasteiger partial charge in [0.2, 0.25) is 0 Å². The van der Waals surface area contributed by atoms with Gasteiger partial charge in [-0.2, -0.15) is 0 Å². The summed E-state index contributed by atoms with van der Waals surface area (Å²) in [6, 6.07) is 79.1. The lowest BCUT2D eigenvalue weighted by Gasteiger charge is -2.26. The Hall–Kier alpha value is -7.92. The van der Waals surface area contributed by atoms with E-state index in [1.54, 1.807) is 0 Å². The summed E-state index contributed by atoms with van der Waals surface area (Å²) in [5.41, 5.74) is 13.2. The van der Waals surface area contributed by atoms with E-state index >= 15 is 0 Å². The predicted molar refractivity (Wildman–Crippen MR) is 264 cm³/mol. The van der Waals surface area contributed by atoms with Crippen molar-refractivity contribution in [2.75, 3.05) is 4.90 Å². The maximum atomic E-state index is 6.73. The fourth-order valence-electron chi connectivity index (χ4n) is 9.77. The third-order valence-electron chi connectivity index (χ3n) is 12.5. The van der Waals surface area contributed by atoms with Crippen LogP contribution in [0.2, 0.25) is 0 Å². The summed E-state index contributed by atoms with van der Waals surface area (Å²) in [5, 5.41) is 9.71. The Morgan fingerprint density at radius 3 is 1.94 bits per heavy atom. The van der Waals surface area contributed by atoms with Crippen LogP contribution in [-0.2, 0) is 0 Å². The van der Waals surface area contributed by atoms with E-state index in [1.807, 2.05) is 11.3 Å². The number of hydrogen-bond donors (Lipinski definition) is 0. The van der Waals surface area contributed by atoms with E-state index in [4.69, 9.17) is 4.42 Å². The summed E-state index contributed by atoms with van der Waals surface area (Å²) >= 11 is 1.86. The molecule has 13 aromatic rings. The maximum absolute atomic E-state index is 6.73. The quantitative estimate of drug-likeness (QED) is 0.167. The van der Waals surface area contributed by atoms with Gasteiger partial charge in [-0.3, -0.25) is 0 Å². The van der Waals surface area contributed by atoms with Crippen molar-refractivity contribution in [1.82, 2.24) is 4.57 Å². The minimum Gasteiger partial charge on any atom is -0.456 e. The monoisotopic (exact) mass is 808 g/mol. The van der Waals surface area contributed by atoms with Crippen LogP contribution < -0.4 is 4.90 Å². The number of furan rings is 1. The molecule has 0 bridgehead atoms. The molecule has 3 aromatic heterocycles. The maximum Gasteiger partial charge on any atom is 0.138 e. The van der Waals surface area contributed by atoms with Crippen LogP contribution in [0, 0.1) is 0 Å². The van der Waals surface area contributed by atoms with E-state index in [9.17, 15) is 0 Å². The molecule has 0 atom stereocenters. The topological polar surface area (TPSA) is 21.3 Å². The number of hydrogen-bond acceptors (Lipinski definition) is 3. The molecule has 3 nitrogen and oxygen atoms in total. The van der Waals surface area contributed by atoms with Gasteiger partial charge in [-0.05, 0) is 100 Å². The van der Waals surface area contributed by atoms with E-state index < -0.39 is 0 Å². The summed E-state index contributed by atoms with van der Waals surface area (Å²) < 4.78 is 11.7. The molecule has 4 heteroatoms. The Bertz CT molecular complexity index is 3860.